The number of benzene rings is 2. The summed E-state index contributed by atoms with van der Waals surface area (Å²) < 4.78 is 18.8. The van der Waals surface area contributed by atoms with E-state index in [-0.39, 0.29) is 17.8 Å². The first-order valence-corrected chi connectivity index (χ1v) is 10.3. The lowest BCUT2D eigenvalue weighted by Gasteiger charge is -2.23. The predicted molar refractivity (Wildman–Crippen MR) is 113 cm³/mol. The van der Waals surface area contributed by atoms with E-state index in [0.717, 1.165) is 39.6 Å². The quantitative estimate of drug-likeness (QED) is 0.684. The van der Waals surface area contributed by atoms with E-state index in [9.17, 15) is 9.18 Å². The van der Waals surface area contributed by atoms with E-state index >= 15 is 0 Å². The minimum absolute atomic E-state index is 0.0329. The van der Waals surface area contributed by atoms with Gasteiger partial charge in [0.1, 0.15) is 22.3 Å². The molecule has 7 heteroatoms. The van der Waals surface area contributed by atoms with Crippen LogP contribution in [0.2, 0.25) is 0 Å². The fraction of sp³-hybridized carbons (Fsp3) is 0.273. The van der Waals surface area contributed by atoms with Crippen LogP contribution >= 0.6 is 11.3 Å². The van der Waals surface area contributed by atoms with Gasteiger partial charge in [0.15, 0.2) is 0 Å². The van der Waals surface area contributed by atoms with Gasteiger partial charge in [0, 0.05) is 24.7 Å². The van der Waals surface area contributed by atoms with Crippen molar-refractivity contribution in [3.63, 3.8) is 0 Å². The highest BCUT2D eigenvalue weighted by Gasteiger charge is 2.32. The Morgan fingerprint density at radius 1 is 1.28 bits per heavy atom. The first-order valence-electron chi connectivity index (χ1n) is 9.53. The first-order chi connectivity index (χ1) is 14.1. The van der Waals surface area contributed by atoms with Crippen molar-refractivity contribution >= 4 is 17.2 Å². The molecule has 2 aromatic carbocycles. The molecule has 1 amide bonds. The highest BCUT2D eigenvalue weighted by atomic mass is 32.1. The van der Waals surface area contributed by atoms with E-state index in [1.165, 1.54) is 23.5 Å². The van der Waals surface area contributed by atoms with Crippen LogP contribution in [0, 0.1) is 5.82 Å². The summed E-state index contributed by atoms with van der Waals surface area (Å²) in [5.74, 6) is 0.279. The maximum atomic E-state index is 13.4. The summed E-state index contributed by atoms with van der Waals surface area (Å²) in [5, 5.41) is 0.718. The van der Waals surface area contributed by atoms with Crippen LogP contribution in [0.1, 0.15) is 23.3 Å². The van der Waals surface area contributed by atoms with Gasteiger partial charge in [0.25, 0.3) is 5.91 Å². The summed E-state index contributed by atoms with van der Waals surface area (Å²) in [6, 6.07) is 13.8. The Balaban J connectivity index is 1.80. The molecular weight excluding hydrogens is 389 g/mol. The third-order valence-corrected chi connectivity index (χ3v) is 6.32. The van der Waals surface area contributed by atoms with Gasteiger partial charge in [-0.3, -0.25) is 4.79 Å². The Bertz CT molecular complexity index is 1020. The molecule has 1 atom stereocenters. The molecule has 1 fully saturated rings. The molecule has 2 N–H and O–H groups in total. The van der Waals surface area contributed by atoms with Gasteiger partial charge in [-0.15, -0.1) is 11.3 Å². The molecule has 0 spiro atoms. The van der Waals surface area contributed by atoms with Crippen molar-refractivity contribution in [2.75, 3.05) is 20.2 Å². The number of carbonyl (C=O) groups is 1. The third kappa shape index (κ3) is 3.88. The van der Waals surface area contributed by atoms with Crippen molar-refractivity contribution in [2.45, 2.75) is 18.9 Å². The van der Waals surface area contributed by atoms with Gasteiger partial charge in [0.05, 0.1) is 12.0 Å². The number of aromatic nitrogens is 1. The van der Waals surface area contributed by atoms with E-state index < -0.39 is 0 Å². The molecule has 3 aromatic rings. The van der Waals surface area contributed by atoms with Gasteiger partial charge in [-0.1, -0.05) is 24.3 Å². The van der Waals surface area contributed by atoms with Crippen LogP contribution in [0.15, 0.2) is 48.5 Å². The fourth-order valence-electron chi connectivity index (χ4n) is 3.63. The van der Waals surface area contributed by atoms with E-state index in [4.69, 9.17) is 15.5 Å². The van der Waals surface area contributed by atoms with Gasteiger partial charge in [-0.05, 0) is 42.7 Å². The third-order valence-electron chi connectivity index (χ3n) is 5.16. The first kappa shape index (κ1) is 19.5. The molecular formula is C22H22FN3O2S. The topological polar surface area (TPSA) is 68.5 Å². The summed E-state index contributed by atoms with van der Waals surface area (Å²) in [6.07, 6.45) is 1.84. The molecule has 4 rings (SSSR count). The number of carbonyl (C=O) groups excluding carboxylic acids is 1. The van der Waals surface area contributed by atoms with Crippen LogP contribution in [0.3, 0.4) is 0 Å². The maximum Gasteiger partial charge on any atom is 0.274 e. The lowest BCUT2D eigenvalue weighted by atomic mass is 10.1. The number of hydrogen-bond acceptors (Lipinski definition) is 5. The molecule has 0 bridgehead atoms. The number of methoxy groups -OCH3 is 1. The fourth-order valence-corrected chi connectivity index (χ4v) is 4.68. The lowest BCUT2D eigenvalue weighted by Crippen LogP contribution is -2.40. The van der Waals surface area contributed by atoms with Crippen LogP contribution in [-0.4, -0.2) is 42.0 Å². The molecule has 0 radical (unpaired) electrons. The minimum atomic E-state index is -0.318. The highest BCUT2D eigenvalue weighted by molar-refractivity contribution is 7.18. The van der Waals surface area contributed by atoms with Crippen molar-refractivity contribution in [1.82, 2.24) is 9.88 Å². The molecule has 0 aliphatic carbocycles. The van der Waals surface area contributed by atoms with Crippen LogP contribution < -0.4 is 10.5 Å². The number of hydrogen-bond donors (Lipinski definition) is 1. The van der Waals surface area contributed by atoms with Gasteiger partial charge in [-0.2, -0.15) is 0 Å². The summed E-state index contributed by atoms with van der Waals surface area (Å²) >= 11 is 1.42. The molecule has 1 unspecified atom stereocenters. The largest absolute Gasteiger partial charge is 0.497 e. The lowest BCUT2D eigenvalue weighted by molar-refractivity contribution is 0.0737. The molecule has 0 saturated carbocycles. The molecule has 2 heterocycles. The number of ether oxygens (including phenoxy) is 1. The van der Waals surface area contributed by atoms with Crippen molar-refractivity contribution in [1.29, 1.82) is 0 Å². The number of rotatable bonds is 5. The Morgan fingerprint density at radius 2 is 2.07 bits per heavy atom. The minimum Gasteiger partial charge on any atom is -0.497 e. The summed E-state index contributed by atoms with van der Waals surface area (Å²) in [4.78, 5) is 20.6. The van der Waals surface area contributed by atoms with E-state index in [1.807, 2.05) is 29.2 Å². The maximum absolute atomic E-state index is 13.4. The van der Waals surface area contributed by atoms with E-state index in [2.05, 4.69) is 0 Å². The molecule has 150 valence electrons. The molecule has 29 heavy (non-hydrogen) atoms. The number of amides is 1. The Morgan fingerprint density at radius 3 is 2.79 bits per heavy atom. The Hall–Kier alpha value is -2.77. The summed E-state index contributed by atoms with van der Waals surface area (Å²) in [6.45, 7) is 1.11. The van der Waals surface area contributed by atoms with Crippen molar-refractivity contribution in [3.05, 3.63) is 60.0 Å². The molecule has 1 aliphatic heterocycles. The zero-order valence-corrected chi connectivity index (χ0v) is 16.9. The van der Waals surface area contributed by atoms with Gasteiger partial charge >= 0.3 is 0 Å². The van der Waals surface area contributed by atoms with Crippen LogP contribution in [-0.2, 0) is 0 Å². The smallest absolute Gasteiger partial charge is 0.274 e. The average Bonchev–Trinajstić information content (AvgIpc) is 3.41. The monoisotopic (exact) mass is 411 g/mol. The van der Waals surface area contributed by atoms with E-state index in [1.54, 1.807) is 19.2 Å². The Kier molecular flexibility index (Phi) is 5.60. The second kappa shape index (κ2) is 8.31. The second-order valence-corrected chi connectivity index (χ2v) is 7.96. The predicted octanol–water partition coefficient (Wildman–Crippen LogP) is 4.19. The molecule has 1 aliphatic rings. The van der Waals surface area contributed by atoms with Crippen LogP contribution in [0.25, 0.3) is 21.0 Å². The van der Waals surface area contributed by atoms with Crippen molar-refractivity contribution in [3.8, 4) is 26.8 Å². The zero-order valence-electron chi connectivity index (χ0n) is 16.1. The zero-order chi connectivity index (χ0) is 20.4. The summed E-state index contributed by atoms with van der Waals surface area (Å²) in [5.41, 5.74) is 7.89. The second-order valence-electron chi connectivity index (χ2n) is 6.97. The molecule has 5 nitrogen and oxygen atoms in total. The standard InChI is InChI=1S/C22H22FN3O2S/c1-28-18-6-2-4-15(12-18)21-25-19(22(27)26-11-3-5-17(26)13-24)20(29-21)14-7-9-16(23)10-8-14/h2,4,6-10,12,17H,3,5,11,13,24H2,1H3. The molecule has 1 aromatic heterocycles. The van der Waals surface area contributed by atoms with Crippen molar-refractivity contribution < 1.29 is 13.9 Å². The number of thiazole rings is 1. The SMILES string of the molecule is COc1cccc(-c2nc(C(=O)N3CCCC3CN)c(-c3ccc(F)cc3)s2)c1. The average molecular weight is 412 g/mol. The number of nitrogens with zero attached hydrogens (tertiary/aromatic N) is 2. The number of halogens is 1. The van der Waals surface area contributed by atoms with Crippen molar-refractivity contribution in [2.24, 2.45) is 5.73 Å². The van der Waals surface area contributed by atoms with E-state index in [0.29, 0.717) is 18.8 Å². The van der Waals surface area contributed by atoms with Gasteiger partial charge in [0.2, 0.25) is 0 Å². The number of nitrogens with two attached hydrogens (primary N) is 1. The molecule has 1 saturated heterocycles. The summed E-state index contributed by atoms with van der Waals surface area (Å²) in [7, 11) is 1.61. The normalized spacial score (nSPS) is 16.2. The van der Waals surface area contributed by atoms with Crippen LogP contribution in [0.4, 0.5) is 4.39 Å². The van der Waals surface area contributed by atoms with Crippen LogP contribution in [0.5, 0.6) is 5.75 Å². The van der Waals surface area contributed by atoms with Gasteiger partial charge in [-0.25, -0.2) is 9.37 Å². The highest BCUT2D eigenvalue weighted by Crippen LogP contribution is 2.37. The Labute approximate surface area is 172 Å². The van der Waals surface area contributed by atoms with Gasteiger partial charge < -0.3 is 15.4 Å². The number of likely N-dealkylation sites (tertiary alicyclic amines) is 1.